The van der Waals surface area contributed by atoms with Crippen molar-refractivity contribution in [1.82, 2.24) is 10.2 Å². The van der Waals surface area contributed by atoms with Crippen molar-refractivity contribution in [2.24, 2.45) is 4.99 Å². The first-order valence-electron chi connectivity index (χ1n) is 9.54. The van der Waals surface area contributed by atoms with Crippen molar-refractivity contribution in [2.75, 3.05) is 26.2 Å². The first-order chi connectivity index (χ1) is 13.3. The molecule has 1 heterocycles. The van der Waals surface area contributed by atoms with Crippen LogP contribution in [0, 0.1) is 0 Å². The minimum absolute atomic E-state index is 0.145. The first-order valence-corrected chi connectivity index (χ1v) is 9.54. The number of hydrogen-bond acceptors (Lipinski definition) is 3. The van der Waals surface area contributed by atoms with Crippen molar-refractivity contribution in [3.05, 3.63) is 77.5 Å². The van der Waals surface area contributed by atoms with Gasteiger partial charge in [0.25, 0.3) is 0 Å². The molecule has 140 valence electrons. The van der Waals surface area contributed by atoms with E-state index >= 15 is 0 Å². The lowest BCUT2D eigenvalue weighted by molar-refractivity contribution is -0.129. The quantitative estimate of drug-likeness (QED) is 0.577. The molecule has 2 aromatic rings. The largest absolute Gasteiger partial charge is 0.337 e. The summed E-state index contributed by atoms with van der Waals surface area (Å²) >= 11 is 0. The van der Waals surface area contributed by atoms with Crippen LogP contribution in [0.4, 0.5) is 0 Å². The van der Waals surface area contributed by atoms with Crippen molar-refractivity contribution in [2.45, 2.75) is 19.3 Å². The predicted octanol–water partition coefficient (Wildman–Crippen LogP) is 3.55. The molecule has 1 aliphatic rings. The third kappa shape index (κ3) is 5.38. The van der Waals surface area contributed by atoms with Crippen LogP contribution in [0.1, 0.15) is 24.0 Å². The van der Waals surface area contributed by atoms with Gasteiger partial charge in [-0.1, -0.05) is 60.7 Å². The number of benzene rings is 2. The van der Waals surface area contributed by atoms with Crippen LogP contribution in [-0.2, 0) is 11.2 Å². The Bertz CT molecular complexity index is 784. The molecular formula is C23H27N3O. The van der Waals surface area contributed by atoms with E-state index in [1.165, 1.54) is 5.56 Å². The van der Waals surface area contributed by atoms with Crippen molar-refractivity contribution in [3.8, 4) is 0 Å². The number of rotatable bonds is 8. The Morgan fingerprint density at radius 2 is 1.78 bits per heavy atom. The third-order valence-corrected chi connectivity index (χ3v) is 4.92. The molecule has 1 N–H and O–H groups in total. The van der Waals surface area contributed by atoms with Gasteiger partial charge in [0, 0.05) is 30.8 Å². The van der Waals surface area contributed by atoms with E-state index < -0.39 is 0 Å². The summed E-state index contributed by atoms with van der Waals surface area (Å²) in [6.45, 7) is 6.23. The van der Waals surface area contributed by atoms with Gasteiger partial charge in [-0.15, -0.1) is 0 Å². The fourth-order valence-corrected chi connectivity index (χ4v) is 3.41. The normalized spacial score (nSPS) is 14.3. The van der Waals surface area contributed by atoms with Crippen LogP contribution in [0.25, 0.3) is 5.57 Å². The molecular weight excluding hydrogens is 334 g/mol. The Hall–Kier alpha value is -2.72. The Morgan fingerprint density at radius 1 is 1.07 bits per heavy atom. The molecule has 4 nitrogen and oxygen atoms in total. The van der Waals surface area contributed by atoms with Crippen LogP contribution >= 0.6 is 0 Å². The summed E-state index contributed by atoms with van der Waals surface area (Å²) in [5.41, 5.74) is 4.56. The standard InChI is InChI=1S/C23H27N3O/c1-24-22-14-16-26(18-21(22)20-12-6-3-7-13-20)23(27)17-25-15-8-11-19-9-4-2-5-10-19/h2-7,9-10,12-13,25H,1,8,11,14-18H2. The number of carbonyl (C=O) groups excluding carboxylic acids is 1. The molecule has 4 heteroatoms. The summed E-state index contributed by atoms with van der Waals surface area (Å²) in [5, 5.41) is 3.29. The van der Waals surface area contributed by atoms with Gasteiger partial charge in [0.1, 0.15) is 0 Å². The summed E-state index contributed by atoms with van der Waals surface area (Å²) in [6, 6.07) is 20.6. The molecule has 0 radical (unpaired) electrons. The minimum atomic E-state index is 0.145. The van der Waals surface area contributed by atoms with E-state index in [2.05, 4.69) is 53.4 Å². The van der Waals surface area contributed by atoms with Gasteiger partial charge in [-0.3, -0.25) is 9.79 Å². The molecule has 27 heavy (non-hydrogen) atoms. The van der Waals surface area contributed by atoms with Gasteiger partial charge in [-0.05, 0) is 37.2 Å². The van der Waals surface area contributed by atoms with Gasteiger partial charge < -0.3 is 10.2 Å². The van der Waals surface area contributed by atoms with Crippen molar-refractivity contribution in [3.63, 3.8) is 0 Å². The highest BCUT2D eigenvalue weighted by molar-refractivity contribution is 5.82. The van der Waals surface area contributed by atoms with E-state index in [0.29, 0.717) is 19.6 Å². The lowest BCUT2D eigenvalue weighted by atomic mass is 9.98. The zero-order valence-corrected chi connectivity index (χ0v) is 15.7. The molecule has 1 amide bonds. The molecule has 0 fully saturated rings. The van der Waals surface area contributed by atoms with E-state index in [9.17, 15) is 4.79 Å². The van der Waals surface area contributed by atoms with Gasteiger partial charge in [-0.2, -0.15) is 0 Å². The van der Waals surface area contributed by atoms with E-state index in [1.807, 2.05) is 29.2 Å². The zero-order valence-electron chi connectivity index (χ0n) is 15.7. The smallest absolute Gasteiger partial charge is 0.236 e. The van der Waals surface area contributed by atoms with E-state index in [0.717, 1.165) is 42.6 Å². The number of amides is 1. The lowest BCUT2D eigenvalue weighted by Gasteiger charge is -2.30. The van der Waals surface area contributed by atoms with E-state index in [-0.39, 0.29) is 5.91 Å². The van der Waals surface area contributed by atoms with Crippen LogP contribution < -0.4 is 5.32 Å². The van der Waals surface area contributed by atoms with Gasteiger partial charge in [-0.25, -0.2) is 0 Å². The van der Waals surface area contributed by atoms with E-state index in [1.54, 1.807) is 0 Å². The number of aliphatic imine (C=N–C) groups is 1. The summed E-state index contributed by atoms with van der Waals surface area (Å²) in [7, 11) is 0. The molecule has 0 atom stereocenters. The SMILES string of the molecule is C=NC1=C(c2ccccc2)CN(C(=O)CNCCCc2ccccc2)CC1. The topological polar surface area (TPSA) is 44.7 Å². The summed E-state index contributed by atoms with van der Waals surface area (Å²) in [5.74, 6) is 0.145. The fraction of sp³-hybridized carbons (Fsp3) is 0.304. The number of nitrogens with zero attached hydrogens (tertiary/aromatic N) is 2. The summed E-state index contributed by atoms with van der Waals surface area (Å²) < 4.78 is 0. The molecule has 0 bridgehead atoms. The predicted molar refractivity (Wildman–Crippen MR) is 112 cm³/mol. The second kappa shape index (κ2) is 9.83. The monoisotopic (exact) mass is 361 g/mol. The zero-order chi connectivity index (χ0) is 18.9. The molecule has 1 aliphatic heterocycles. The molecule has 0 spiro atoms. The highest BCUT2D eigenvalue weighted by atomic mass is 16.2. The lowest BCUT2D eigenvalue weighted by Crippen LogP contribution is -2.41. The molecule has 3 rings (SSSR count). The van der Waals surface area contributed by atoms with Crippen molar-refractivity contribution >= 4 is 18.2 Å². The molecule has 0 saturated carbocycles. The van der Waals surface area contributed by atoms with Gasteiger partial charge >= 0.3 is 0 Å². The van der Waals surface area contributed by atoms with Gasteiger partial charge in [0.05, 0.1) is 6.54 Å². The van der Waals surface area contributed by atoms with Gasteiger partial charge in [0.2, 0.25) is 5.91 Å². The Balaban J connectivity index is 1.48. The van der Waals surface area contributed by atoms with Crippen molar-refractivity contribution < 1.29 is 4.79 Å². The number of aryl methyl sites for hydroxylation is 1. The summed E-state index contributed by atoms with van der Waals surface area (Å²) in [6.07, 6.45) is 2.81. The van der Waals surface area contributed by atoms with Crippen LogP contribution in [0.3, 0.4) is 0 Å². The molecule has 0 aliphatic carbocycles. The number of hydrogen-bond donors (Lipinski definition) is 1. The average molecular weight is 361 g/mol. The number of carbonyl (C=O) groups is 1. The van der Waals surface area contributed by atoms with Gasteiger partial charge in [0.15, 0.2) is 0 Å². The third-order valence-electron chi connectivity index (χ3n) is 4.92. The molecule has 0 aromatic heterocycles. The Kier molecular flexibility index (Phi) is 6.94. The second-order valence-electron chi connectivity index (χ2n) is 6.78. The highest BCUT2D eigenvalue weighted by Crippen LogP contribution is 2.27. The first kappa shape index (κ1) is 19.1. The minimum Gasteiger partial charge on any atom is -0.337 e. The van der Waals surface area contributed by atoms with E-state index in [4.69, 9.17) is 0 Å². The maximum Gasteiger partial charge on any atom is 0.236 e. The Morgan fingerprint density at radius 3 is 2.48 bits per heavy atom. The maximum atomic E-state index is 12.6. The van der Waals surface area contributed by atoms with Crippen LogP contribution in [0.5, 0.6) is 0 Å². The van der Waals surface area contributed by atoms with Crippen LogP contribution in [0.2, 0.25) is 0 Å². The highest BCUT2D eigenvalue weighted by Gasteiger charge is 2.22. The Labute approximate surface area is 161 Å². The molecule has 2 aromatic carbocycles. The number of nitrogens with one attached hydrogen (secondary N) is 1. The molecule has 0 unspecified atom stereocenters. The molecule has 0 saturated heterocycles. The van der Waals surface area contributed by atoms with Crippen LogP contribution in [-0.4, -0.2) is 43.7 Å². The fourth-order valence-electron chi connectivity index (χ4n) is 3.41. The second-order valence-corrected chi connectivity index (χ2v) is 6.78. The summed E-state index contributed by atoms with van der Waals surface area (Å²) in [4.78, 5) is 18.7. The van der Waals surface area contributed by atoms with Crippen LogP contribution in [0.15, 0.2) is 71.4 Å². The maximum absolute atomic E-state index is 12.6. The van der Waals surface area contributed by atoms with Crippen molar-refractivity contribution in [1.29, 1.82) is 0 Å². The average Bonchev–Trinajstić information content (AvgIpc) is 2.74.